The molecule has 0 aliphatic heterocycles. The topological polar surface area (TPSA) is 21.3 Å². The number of benzene rings is 1. The minimum atomic E-state index is -0.274. The second kappa shape index (κ2) is 4.83. The molecule has 1 aliphatic carbocycles. The molecule has 0 amide bonds. The third-order valence-electron chi connectivity index (χ3n) is 2.56. The summed E-state index contributed by atoms with van der Waals surface area (Å²) in [5, 5.41) is 3.37. The van der Waals surface area contributed by atoms with Gasteiger partial charge < -0.3 is 10.1 Å². The molecule has 88 valence electrons. The summed E-state index contributed by atoms with van der Waals surface area (Å²) in [6.07, 6.45) is 2.46. The highest BCUT2D eigenvalue weighted by Crippen LogP contribution is 2.25. The van der Waals surface area contributed by atoms with Crippen LogP contribution in [0.15, 0.2) is 18.2 Å². The SMILES string of the molecule is CC(C)Oc1c(F)cccc1CNC1CC1. The Balaban J connectivity index is 2.10. The van der Waals surface area contributed by atoms with Gasteiger partial charge in [-0.1, -0.05) is 12.1 Å². The molecule has 2 nitrogen and oxygen atoms in total. The van der Waals surface area contributed by atoms with E-state index in [1.165, 1.54) is 18.9 Å². The summed E-state index contributed by atoms with van der Waals surface area (Å²) in [6.45, 7) is 4.50. The van der Waals surface area contributed by atoms with Crippen LogP contribution in [0.1, 0.15) is 32.3 Å². The van der Waals surface area contributed by atoms with E-state index >= 15 is 0 Å². The van der Waals surface area contributed by atoms with Crippen molar-refractivity contribution in [3.05, 3.63) is 29.6 Å². The second-order valence-corrected chi connectivity index (χ2v) is 4.55. The minimum Gasteiger partial charge on any atom is -0.488 e. The van der Waals surface area contributed by atoms with Crippen LogP contribution in [0.3, 0.4) is 0 Å². The van der Waals surface area contributed by atoms with Gasteiger partial charge in [-0.05, 0) is 32.8 Å². The largest absolute Gasteiger partial charge is 0.488 e. The minimum absolute atomic E-state index is 0.00317. The monoisotopic (exact) mass is 223 g/mol. The Labute approximate surface area is 95.8 Å². The maximum Gasteiger partial charge on any atom is 0.165 e. The lowest BCUT2D eigenvalue weighted by atomic mass is 10.2. The summed E-state index contributed by atoms with van der Waals surface area (Å²) >= 11 is 0. The molecule has 3 heteroatoms. The van der Waals surface area contributed by atoms with Gasteiger partial charge in [0, 0.05) is 18.2 Å². The number of nitrogens with one attached hydrogen (secondary N) is 1. The summed E-state index contributed by atoms with van der Waals surface area (Å²) in [7, 11) is 0. The van der Waals surface area contributed by atoms with Gasteiger partial charge in [-0.3, -0.25) is 0 Å². The van der Waals surface area contributed by atoms with Gasteiger partial charge in [0.1, 0.15) is 0 Å². The molecule has 0 aromatic heterocycles. The summed E-state index contributed by atoms with van der Waals surface area (Å²) in [5.41, 5.74) is 0.903. The molecule has 1 fully saturated rings. The Kier molecular flexibility index (Phi) is 3.44. The highest BCUT2D eigenvalue weighted by Gasteiger charge is 2.21. The molecule has 0 heterocycles. The third-order valence-corrected chi connectivity index (χ3v) is 2.56. The van der Waals surface area contributed by atoms with Crippen molar-refractivity contribution >= 4 is 0 Å². The average molecular weight is 223 g/mol. The van der Waals surface area contributed by atoms with E-state index in [2.05, 4.69) is 5.32 Å². The number of ether oxygens (including phenoxy) is 1. The van der Waals surface area contributed by atoms with Crippen molar-refractivity contribution in [1.29, 1.82) is 0 Å². The van der Waals surface area contributed by atoms with Gasteiger partial charge in [0.15, 0.2) is 11.6 Å². The number of halogens is 1. The van der Waals surface area contributed by atoms with Crippen molar-refractivity contribution in [2.75, 3.05) is 0 Å². The molecule has 0 bridgehead atoms. The van der Waals surface area contributed by atoms with E-state index in [0.717, 1.165) is 5.56 Å². The second-order valence-electron chi connectivity index (χ2n) is 4.55. The van der Waals surface area contributed by atoms with E-state index < -0.39 is 0 Å². The molecule has 16 heavy (non-hydrogen) atoms. The van der Waals surface area contributed by atoms with E-state index in [-0.39, 0.29) is 11.9 Å². The van der Waals surface area contributed by atoms with Crippen molar-refractivity contribution in [3.8, 4) is 5.75 Å². The summed E-state index contributed by atoms with van der Waals surface area (Å²) in [4.78, 5) is 0. The Bertz CT molecular complexity index is 361. The van der Waals surface area contributed by atoms with Crippen LogP contribution in [0.4, 0.5) is 4.39 Å². The Morgan fingerprint density at radius 2 is 2.19 bits per heavy atom. The van der Waals surface area contributed by atoms with Crippen LogP contribution >= 0.6 is 0 Å². The first-order valence-corrected chi connectivity index (χ1v) is 5.84. The zero-order valence-corrected chi connectivity index (χ0v) is 9.79. The Hall–Kier alpha value is -1.09. The number of hydrogen-bond donors (Lipinski definition) is 1. The Morgan fingerprint density at radius 3 is 2.81 bits per heavy atom. The van der Waals surface area contributed by atoms with Crippen LogP contribution in [-0.2, 0) is 6.54 Å². The molecular formula is C13H18FNO. The van der Waals surface area contributed by atoms with E-state index in [1.54, 1.807) is 6.07 Å². The van der Waals surface area contributed by atoms with E-state index in [9.17, 15) is 4.39 Å². The summed E-state index contributed by atoms with van der Waals surface area (Å²) < 4.78 is 19.1. The molecule has 0 radical (unpaired) electrons. The lowest BCUT2D eigenvalue weighted by Gasteiger charge is -2.15. The number of hydrogen-bond acceptors (Lipinski definition) is 2. The van der Waals surface area contributed by atoms with Crippen molar-refractivity contribution in [2.24, 2.45) is 0 Å². The predicted molar refractivity (Wildman–Crippen MR) is 62.0 cm³/mol. The molecule has 0 unspecified atom stereocenters. The Morgan fingerprint density at radius 1 is 1.44 bits per heavy atom. The van der Waals surface area contributed by atoms with Gasteiger partial charge in [-0.2, -0.15) is 0 Å². The fraction of sp³-hybridized carbons (Fsp3) is 0.538. The molecule has 1 aliphatic rings. The lowest BCUT2D eigenvalue weighted by molar-refractivity contribution is 0.228. The molecule has 0 spiro atoms. The quantitative estimate of drug-likeness (QED) is 0.828. The first-order valence-electron chi connectivity index (χ1n) is 5.84. The molecule has 1 N–H and O–H groups in total. The standard InChI is InChI=1S/C13H18FNO/c1-9(2)16-13-10(4-3-5-12(13)14)8-15-11-6-7-11/h3-5,9,11,15H,6-8H2,1-2H3. The molecule has 0 atom stereocenters. The fourth-order valence-electron chi connectivity index (χ4n) is 1.60. The normalized spacial score (nSPS) is 15.5. The first kappa shape index (κ1) is 11.4. The lowest BCUT2D eigenvalue weighted by Crippen LogP contribution is -2.17. The first-order chi connectivity index (χ1) is 7.66. The molecule has 2 rings (SSSR count). The highest BCUT2D eigenvalue weighted by atomic mass is 19.1. The van der Waals surface area contributed by atoms with Crippen LogP contribution in [0.5, 0.6) is 5.75 Å². The maximum absolute atomic E-state index is 13.6. The van der Waals surface area contributed by atoms with Crippen molar-refractivity contribution in [3.63, 3.8) is 0 Å². The van der Waals surface area contributed by atoms with Crippen LogP contribution < -0.4 is 10.1 Å². The number of para-hydroxylation sites is 1. The van der Waals surface area contributed by atoms with Crippen LogP contribution in [0, 0.1) is 5.82 Å². The molecule has 1 aromatic carbocycles. The van der Waals surface area contributed by atoms with Crippen LogP contribution in [-0.4, -0.2) is 12.1 Å². The van der Waals surface area contributed by atoms with Crippen LogP contribution in [0.25, 0.3) is 0 Å². The van der Waals surface area contributed by atoms with Gasteiger partial charge in [-0.25, -0.2) is 4.39 Å². The van der Waals surface area contributed by atoms with E-state index in [0.29, 0.717) is 18.3 Å². The predicted octanol–water partition coefficient (Wildman–Crippen LogP) is 2.86. The fourth-order valence-corrected chi connectivity index (χ4v) is 1.60. The van der Waals surface area contributed by atoms with Gasteiger partial charge in [0.25, 0.3) is 0 Å². The van der Waals surface area contributed by atoms with Gasteiger partial charge >= 0.3 is 0 Å². The van der Waals surface area contributed by atoms with Gasteiger partial charge in [-0.15, -0.1) is 0 Å². The molecule has 0 saturated heterocycles. The zero-order chi connectivity index (χ0) is 11.5. The van der Waals surface area contributed by atoms with E-state index in [1.807, 2.05) is 19.9 Å². The summed E-state index contributed by atoms with van der Waals surface area (Å²) in [6, 6.07) is 5.70. The number of rotatable bonds is 5. The molecular weight excluding hydrogens is 205 g/mol. The smallest absolute Gasteiger partial charge is 0.165 e. The maximum atomic E-state index is 13.6. The van der Waals surface area contributed by atoms with Crippen LogP contribution in [0.2, 0.25) is 0 Å². The van der Waals surface area contributed by atoms with Crippen molar-refractivity contribution in [1.82, 2.24) is 5.32 Å². The zero-order valence-electron chi connectivity index (χ0n) is 9.79. The third kappa shape index (κ3) is 2.95. The van der Waals surface area contributed by atoms with Gasteiger partial charge in [0.2, 0.25) is 0 Å². The average Bonchev–Trinajstić information content (AvgIpc) is 3.02. The summed E-state index contributed by atoms with van der Waals surface area (Å²) in [5.74, 6) is 0.120. The highest BCUT2D eigenvalue weighted by molar-refractivity contribution is 5.35. The molecule has 1 saturated carbocycles. The van der Waals surface area contributed by atoms with Crippen molar-refractivity contribution in [2.45, 2.75) is 45.4 Å². The van der Waals surface area contributed by atoms with Crippen molar-refractivity contribution < 1.29 is 9.13 Å². The van der Waals surface area contributed by atoms with E-state index in [4.69, 9.17) is 4.74 Å². The van der Waals surface area contributed by atoms with Gasteiger partial charge in [0.05, 0.1) is 6.10 Å². The molecule has 1 aromatic rings.